The van der Waals surface area contributed by atoms with Crippen molar-refractivity contribution in [3.63, 3.8) is 0 Å². The highest BCUT2D eigenvalue weighted by molar-refractivity contribution is 5.98. The van der Waals surface area contributed by atoms with Crippen LogP contribution in [-0.4, -0.2) is 10.8 Å². The summed E-state index contributed by atoms with van der Waals surface area (Å²) < 4.78 is 0. The van der Waals surface area contributed by atoms with Crippen LogP contribution in [0.5, 0.6) is 0 Å². The number of rotatable bonds is 3. The maximum Gasteiger partial charge on any atom is 0.259 e. The van der Waals surface area contributed by atoms with Gasteiger partial charge in [0, 0.05) is 11.8 Å². The van der Waals surface area contributed by atoms with E-state index in [4.69, 9.17) is 0 Å². The van der Waals surface area contributed by atoms with Crippen molar-refractivity contribution in [3.05, 3.63) is 77.0 Å². The summed E-state index contributed by atoms with van der Waals surface area (Å²) in [6.45, 7) is 6.08. The molecule has 25 heavy (non-hydrogen) atoms. The zero-order valence-corrected chi connectivity index (χ0v) is 14.9. The molecule has 0 N–H and O–H groups in total. The van der Waals surface area contributed by atoms with Gasteiger partial charge in [-0.25, -0.2) is 0 Å². The lowest BCUT2D eigenvalue weighted by Crippen LogP contribution is -2.48. The maximum absolute atomic E-state index is 13.3. The fraction of sp³-hybridized carbons (Fsp3) is 0.273. The summed E-state index contributed by atoms with van der Waals surface area (Å²) in [7, 11) is 0. The molecule has 0 aliphatic carbocycles. The molecular formula is C22H22N2O. The van der Waals surface area contributed by atoms with E-state index in [1.54, 1.807) is 11.1 Å². The molecule has 1 aliphatic heterocycles. The lowest BCUT2D eigenvalue weighted by atomic mass is 9.77. The summed E-state index contributed by atoms with van der Waals surface area (Å²) in [5, 5.41) is 10.2. The van der Waals surface area contributed by atoms with Gasteiger partial charge in [-0.15, -0.1) is 0 Å². The number of carbonyl (C=O) groups is 1. The normalized spacial score (nSPS) is 18.8. The third-order valence-corrected chi connectivity index (χ3v) is 4.70. The lowest BCUT2D eigenvalue weighted by molar-refractivity contribution is 0.0667. The van der Waals surface area contributed by atoms with Crippen LogP contribution in [0.1, 0.15) is 47.3 Å². The maximum atomic E-state index is 13.3. The Morgan fingerprint density at radius 1 is 1.16 bits per heavy atom. The van der Waals surface area contributed by atoms with Crippen molar-refractivity contribution < 1.29 is 4.79 Å². The van der Waals surface area contributed by atoms with E-state index in [1.807, 2.05) is 61.5 Å². The first-order chi connectivity index (χ1) is 12.0. The zero-order chi connectivity index (χ0) is 18.0. The van der Waals surface area contributed by atoms with Crippen molar-refractivity contribution in [3.8, 4) is 6.07 Å². The average Bonchev–Trinajstić information content (AvgIpc) is 2.61. The Balaban J connectivity index is 2.17. The minimum absolute atomic E-state index is 0.133. The topological polar surface area (TPSA) is 44.1 Å². The largest absolute Gasteiger partial charge is 0.292 e. The van der Waals surface area contributed by atoms with Crippen LogP contribution < -0.4 is 0 Å². The molecule has 2 aromatic rings. The van der Waals surface area contributed by atoms with Gasteiger partial charge in [0.2, 0.25) is 0 Å². The highest BCUT2D eigenvalue weighted by Gasteiger charge is 2.44. The van der Waals surface area contributed by atoms with Gasteiger partial charge in [-0.3, -0.25) is 9.69 Å². The van der Waals surface area contributed by atoms with Gasteiger partial charge in [-0.2, -0.15) is 5.26 Å². The van der Waals surface area contributed by atoms with Gasteiger partial charge in [0.15, 0.2) is 5.54 Å². The number of amides is 1. The van der Waals surface area contributed by atoms with Gasteiger partial charge in [0.05, 0.1) is 6.07 Å². The van der Waals surface area contributed by atoms with Crippen LogP contribution in [0.15, 0.2) is 54.7 Å². The first-order valence-corrected chi connectivity index (χ1v) is 8.58. The van der Waals surface area contributed by atoms with E-state index < -0.39 is 5.54 Å². The highest BCUT2D eigenvalue weighted by Crippen LogP contribution is 2.41. The van der Waals surface area contributed by atoms with Crippen LogP contribution in [0.4, 0.5) is 0 Å². The van der Waals surface area contributed by atoms with Crippen LogP contribution in [0, 0.1) is 24.2 Å². The predicted molar refractivity (Wildman–Crippen MR) is 99.6 cm³/mol. The standard InChI is InChI=1S/C22H22N2O/c1-16(2)14-22(15-23)20-11-7-5-9-18(20)12-13-24(22)21(25)19-10-6-4-8-17(19)3/h4-13,16H,14H2,1-3H3. The summed E-state index contributed by atoms with van der Waals surface area (Å²) in [4.78, 5) is 14.9. The van der Waals surface area contributed by atoms with Gasteiger partial charge in [-0.05, 0) is 48.1 Å². The number of aryl methyl sites for hydroxylation is 1. The molecule has 2 aromatic carbocycles. The van der Waals surface area contributed by atoms with Crippen molar-refractivity contribution in [2.45, 2.75) is 32.7 Å². The van der Waals surface area contributed by atoms with E-state index in [9.17, 15) is 10.1 Å². The summed E-state index contributed by atoms with van der Waals surface area (Å²) >= 11 is 0. The van der Waals surface area contributed by atoms with Crippen molar-refractivity contribution in [1.29, 1.82) is 5.26 Å². The smallest absolute Gasteiger partial charge is 0.259 e. The SMILES string of the molecule is Cc1ccccc1C(=O)N1C=Cc2ccccc2C1(C#N)CC(C)C. The molecule has 1 atom stereocenters. The monoisotopic (exact) mass is 330 g/mol. The molecule has 0 fully saturated rings. The molecule has 3 heteroatoms. The highest BCUT2D eigenvalue weighted by atomic mass is 16.2. The molecule has 0 saturated carbocycles. The first-order valence-electron chi connectivity index (χ1n) is 8.58. The number of nitriles is 1. The summed E-state index contributed by atoms with van der Waals surface area (Å²) in [5.74, 6) is 0.137. The summed E-state index contributed by atoms with van der Waals surface area (Å²) in [6.07, 6.45) is 4.27. The van der Waals surface area contributed by atoms with E-state index in [2.05, 4.69) is 19.9 Å². The van der Waals surface area contributed by atoms with Crippen LogP contribution in [0.2, 0.25) is 0 Å². The molecular weight excluding hydrogens is 308 g/mol. The van der Waals surface area contributed by atoms with Gasteiger partial charge in [0.25, 0.3) is 5.91 Å². The molecule has 126 valence electrons. The van der Waals surface area contributed by atoms with Crippen LogP contribution in [0.25, 0.3) is 6.08 Å². The first kappa shape index (κ1) is 17.0. The van der Waals surface area contributed by atoms with Crippen molar-refractivity contribution in [2.24, 2.45) is 5.92 Å². The number of benzene rings is 2. The number of fused-ring (bicyclic) bond motifs is 1. The van der Waals surface area contributed by atoms with Crippen molar-refractivity contribution >= 4 is 12.0 Å². The quantitative estimate of drug-likeness (QED) is 0.804. The van der Waals surface area contributed by atoms with Crippen LogP contribution in [0.3, 0.4) is 0 Å². The Kier molecular flexibility index (Phi) is 4.46. The van der Waals surface area contributed by atoms with Gasteiger partial charge in [0.1, 0.15) is 0 Å². The lowest BCUT2D eigenvalue weighted by Gasteiger charge is -2.41. The van der Waals surface area contributed by atoms with Crippen molar-refractivity contribution in [1.82, 2.24) is 4.90 Å². The second-order valence-corrected chi connectivity index (χ2v) is 6.96. The molecule has 0 bridgehead atoms. The molecule has 0 spiro atoms. The number of nitrogens with zero attached hydrogens (tertiary/aromatic N) is 2. The van der Waals surface area contributed by atoms with E-state index in [-0.39, 0.29) is 11.8 Å². The molecule has 1 aliphatic rings. The van der Waals surface area contributed by atoms with Gasteiger partial charge >= 0.3 is 0 Å². The second-order valence-electron chi connectivity index (χ2n) is 6.96. The fourth-order valence-corrected chi connectivity index (χ4v) is 3.57. The fourth-order valence-electron chi connectivity index (χ4n) is 3.57. The molecule has 0 radical (unpaired) electrons. The Labute approximate surface area is 149 Å². The molecule has 0 aromatic heterocycles. The van der Waals surface area contributed by atoms with Gasteiger partial charge < -0.3 is 0 Å². The zero-order valence-electron chi connectivity index (χ0n) is 14.9. The molecule has 1 heterocycles. The number of hydrogen-bond donors (Lipinski definition) is 0. The molecule has 0 saturated heterocycles. The number of carbonyl (C=O) groups excluding carboxylic acids is 1. The molecule has 3 nitrogen and oxygen atoms in total. The van der Waals surface area contributed by atoms with E-state index in [0.29, 0.717) is 12.0 Å². The van der Waals surface area contributed by atoms with Crippen LogP contribution >= 0.6 is 0 Å². The minimum Gasteiger partial charge on any atom is -0.292 e. The number of hydrogen-bond acceptors (Lipinski definition) is 2. The van der Waals surface area contributed by atoms with Gasteiger partial charge in [-0.1, -0.05) is 56.3 Å². The Hall–Kier alpha value is -2.86. The Morgan fingerprint density at radius 3 is 2.52 bits per heavy atom. The third kappa shape index (κ3) is 2.85. The molecule has 1 amide bonds. The third-order valence-electron chi connectivity index (χ3n) is 4.70. The average molecular weight is 330 g/mol. The Morgan fingerprint density at radius 2 is 1.84 bits per heavy atom. The minimum atomic E-state index is -0.987. The summed E-state index contributed by atoms with van der Waals surface area (Å²) in [5.41, 5.74) is 2.46. The Bertz CT molecular complexity index is 876. The van der Waals surface area contributed by atoms with Crippen LogP contribution in [-0.2, 0) is 5.54 Å². The molecule has 1 unspecified atom stereocenters. The predicted octanol–water partition coefficient (Wildman–Crippen LogP) is 4.89. The molecule has 3 rings (SSSR count). The van der Waals surface area contributed by atoms with Crippen molar-refractivity contribution in [2.75, 3.05) is 0 Å². The summed E-state index contributed by atoms with van der Waals surface area (Å²) in [6, 6.07) is 17.8. The van der Waals surface area contributed by atoms with E-state index >= 15 is 0 Å². The van der Waals surface area contributed by atoms with E-state index in [0.717, 1.165) is 16.7 Å². The second kappa shape index (κ2) is 6.57. The van der Waals surface area contributed by atoms with E-state index in [1.165, 1.54) is 0 Å².